The fraction of sp³-hybridized carbons (Fsp3) is 0.650. The molecule has 1 aromatic carbocycles. The first-order valence-corrected chi connectivity index (χ1v) is 9.61. The van der Waals surface area contributed by atoms with Crippen LogP contribution in [0, 0.1) is 5.92 Å². The number of hydrogen-bond donors (Lipinski definition) is 3. The van der Waals surface area contributed by atoms with E-state index in [-0.39, 0.29) is 13.2 Å². The monoisotopic (exact) mass is 381 g/mol. The molecule has 154 valence electrons. The van der Waals surface area contributed by atoms with Crippen LogP contribution in [0.2, 0.25) is 0 Å². The summed E-state index contributed by atoms with van der Waals surface area (Å²) in [6.45, 7) is 10.1. The predicted octanol–water partition coefficient (Wildman–Crippen LogP) is 2.18. The molecule has 0 spiro atoms. The van der Waals surface area contributed by atoms with Gasteiger partial charge in [-0.1, -0.05) is 19.9 Å². The fourth-order valence-electron chi connectivity index (χ4n) is 2.26. The van der Waals surface area contributed by atoms with E-state index in [9.17, 15) is 0 Å². The van der Waals surface area contributed by atoms with Gasteiger partial charge >= 0.3 is 0 Å². The van der Waals surface area contributed by atoms with Crippen molar-refractivity contribution >= 4 is 5.96 Å². The minimum Gasteiger partial charge on any atom is -0.493 e. The maximum atomic E-state index is 8.88. The highest BCUT2D eigenvalue weighted by molar-refractivity contribution is 5.79. The summed E-state index contributed by atoms with van der Waals surface area (Å²) in [5, 5.41) is 15.4. The Balaban J connectivity index is 2.53. The normalized spacial score (nSPS) is 11.6. The van der Waals surface area contributed by atoms with Crippen molar-refractivity contribution in [1.82, 2.24) is 10.6 Å². The molecule has 0 unspecified atom stereocenters. The molecule has 0 fully saturated rings. The summed E-state index contributed by atoms with van der Waals surface area (Å²) in [6, 6.07) is 5.67. The van der Waals surface area contributed by atoms with E-state index in [2.05, 4.69) is 29.5 Å². The first kappa shape index (κ1) is 23.0. The number of ether oxygens (including phenoxy) is 3. The molecule has 0 amide bonds. The Hall–Kier alpha value is -1.99. The first-order valence-electron chi connectivity index (χ1n) is 9.61. The van der Waals surface area contributed by atoms with E-state index in [0.29, 0.717) is 37.1 Å². The van der Waals surface area contributed by atoms with Gasteiger partial charge in [0.15, 0.2) is 17.5 Å². The second-order valence-corrected chi connectivity index (χ2v) is 6.47. The van der Waals surface area contributed by atoms with Gasteiger partial charge in [0, 0.05) is 19.7 Å². The summed E-state index contributed by atoms with van der Waals surface area (Å²) < 4.78 is 16.4. The van der Waals surface area contributed by atoms with Crippen LogP contribution in [0.15, 0.2) is 23.2 Å². The summed E-state index contributed by atoms with van der Waals surface area (Å²) in [5.74, 6) is 2.66. The molecular formula is C20H35N3O4. The van der Waals surface area contributed by atoms with Crippen LogP contribution in [0.4, 0.5) is 0 Å². The average Bonchev–Trinajstić information content (AvgIpc) is 2.66. The van der Waals surface area contributed by atoms with E-state index in [1.165, 1.54) is 0 Å². The highest BCUT2D eigenvalue weighted by Gasteiger charge is 2.06. The molecule has 3 N–H and O–H groups in total. The molecule has 1 rings (SSSR count). The van der Waals surface area contributed by atoms with Gasteiger partial charge in [0.05, 0.1) is 26.9 Å². The van der Waals surface area contributed by atoms with E-state index in [4.69, 9.17) is 19.3 Å². The zero-order valence-electron chi connectivity index (χ0n) is 17.1. The van der Waals surface area contributed by atoms with Gasteiger partial charge in [-0.15, -0.1) is 0 Å². The van der Waals surface area contributed by atoms with Crippen LogP contribution in [0.25, 0.3) is 0 Å². The number of hydrogen-bond acceptors (Lipinski definition) is 5. The second-order valence-electron chi connectivity index (χ2n) is 6.47. The minimum absolute atomic E-state index is 0.0336. The van der Waals surface area contributed by atoms with Gasteiger partial charge in [0.1, 0.15) is 6.61 Å². The Labute approximate surface area is 163 Å². The fourth-order valence-corrected chi connectivity index (χ4v) is 2.26. The van der Waals surface area contributed by atoms with Gasteiger partial charge in [-0.3, -0.25) is 0 Å². The van der Waals surface area contributed by atoms with Crippen molar-refractivity contribution in [3.8, 4) is 11.5 Å². The number of benzene rings is 1. The molecule has 7 heteroatoms. The van der Waals surface area contributed by atoms with E-state index < -0.39 is 0 Å². The molecule has 0 saturated carbocycles. The lowest BCUT2D eigenvalue weighted by Crippen LogP contribution is -2.39. The Morgan fingerprint density at radius 1 is 1.15 bits per heavy atom. The number of aliphatic hydroxyl groups is 1. The molecule has 1 aromatic rings. The molecule has 0 aromatic heterocycles. The third kappa shape index (κ3) is 10.1. The van der Waals surface area contributed by atoms with Gasteiger partial charge in [-0.2, -0.15) is 0 Å². The predicted molar refractivity (Wildman–Crippen MR) is 109 cm³/mol. The molecule has 0 heterocycles. The number of methoxy groups -OCH3 is 1. The van der Waals surface area contributed by atoms with Gasteiger partial charge < -0.3 is 30.0 Å². The first-order chi connectivity index (χ1) is 13.1. The van der Waals surface area contributed by atoms with Crippen LogP contribution < -0.4 is 20.1 Å². The molecule has 0 saturated heterocycles. The SMILES string of the molecule is CCNC(=NCc1ccc(OCCO)c(OC)c1)NCCOCCC(C)C. The van der Waals surface area contributed by atoms with Crippen LogP contribution >= 0.6 is 0 Å². The van der Waals surface area contributed by atoms with Crippen LogP contribution in [0.3, 0.4) is 0 Å². The zero-order valence-corrected chi connectivity index (χ0v) is 17.1. The standard InChI is InChI=1S/C20H35N3O4/c1-5-21-20(22-9-12-26-11-8-16(2)3)23-15-17-6-7-18(27-13-10-24)19(14-17)25-4/h6-7,14,16,24H,5,8-13,15H2,1-4H3,(H2,21,22,23). The number of nitrogens with zero attached hydrogens (tertiary/aromatic N) is 1. The minimum atomic E-state index is -0.0336. The summed E-state index contributed by atoms with van der Waals surface area (Å²) in [6.07, 6.45) is 1.08. The Bertz CT molecular complexity index is 550. The van der Waals surface area contributed by atoms with Crippen molar-refractivity contribution in [2.24, 2.45) is 10.9 Å². The summed E-state index contributed by atoms with van der Waals surface area (Å²) in [5.41, 5.74) is 1.01. The Morgan fingerprint density at radius 3 is 2.63 bits per heavy atom. The van der Waals surface area contributed by atoms with Crippen LogP contribution in [0.5, 0.6) is 11.5 Å². The van der Waals surface area contributed by atoms with Gasteiger partial charge in [-0.05, 0) is 37.0 Å². The smallest absolute Gasteiger partial charge is 0.191 e. The molecule has 0 atom stereocenters. The number of aliphatic hydroxyl groups excluding tert-OH is 1. The van der Waals surface area contributed by atoms with Crippen molar-refractivity contribution in [1.29, 1.82) is 0 Å². The van der Waals surface area contributed by atoms with Crippen LogP contribution in [-0.2, 0) is 11.3 Å². The maximum absolute atomic E-state index is 8.88. The highest BCUT2D eigenvalue weighted by Crippen LogP contribution is 2.28. The third-order valence-electron chi connectivity index (χ3n) is 3.72. The molecule has 0 aliphatic carbocycles. The second kappa shape index (κ2) is 14.1. The van der Waals surface area contributed by atoms with E-state index in [1.54, 1.807) is 7.11 Å². The van der Waals surface area contributed by atoms with Gasteiger partial charge in [-0.25, -0.2) is 4.99 Å². The number of aliphatic imine (C=N–C) groups is 1. The van der Waals surface area contributed by atoms with Gasteiger partial charge in [0.2, 0.25) is 0 Å². The van der Waals surface area contributed by atoms with Crippen LogP contribution in [-0.4, -0.2) is 57.7 Å². The quantitative estimate of drug-likeness (QED) is 0.276. The molecular weight excluding hydrogens is 346 g/mol. The van der Waals surface area contributed by atoms with E-state index >= 15 is 0 Å². The van der Waals surface area contributed by atoms with Gasteiger partial charge in [0.25, 0.3) is 0 Å². The summed E-state index contributed by atoms with van der Waals surface area (Å²) in [7, 11) is 1.60. The summed E-state index contributed by atoms with van der Waals surface area (Å²) >= 11 is 0. The number of nitrogens with one attached hydrogen (secondary N) is 2. The Morgan fingerprint density at radius 2 is 1.96 bits per heavy atom. The average molecular weight is 382 g/mol. The van der Waals surface area contributed by atoms with Crippen molar-refractivity contribution in [3.63, 3.8) is 0 Å². The molecule has 0 radical (unpaired) electrons. The maximum Gasteiger partial charge on any atom is 0.191 e. The van der Waals surface area contributed by atoms with Crippen LogP contribution in [0.1, 0.15) is 32.8 Å². The molecule has 27 heavy (non-hydrogen) atoms. The molecule has 0 aliphatic rings. The van der Waals surface area contributed by atoms with Crippen molar-refractivity contribution in [2.45, 2.75) is 33.7 Å². The van der Waals surface area contributed by atoms with Crippen molar-refractivity contribution in [2.75, 3.05) is 46.6 Å². The third-order valence-corrected chi connectivity index (χ3v) is 3.72. The Kier molecular flexibility index (Phi) is 12.1. The van der Waals surface area contributed by atoms with Crippen molar-refractivity contribution < 1.29 is 19.3 Å². The lowest BCUT2D eigenvalue weighted by Gasteiger charge is -2.13. The topological polar surface area (TPSA) is 84.3 Å². The number of guanidine groups is 1. The molecule has 7 nitrogen and oxygen atoms in total. The number of rotatable bonds is 13. The lowest BCUT2D eigenvalue weighted by atomic mass is 10.1. The van der Waals surface area contributed by atoms with Crippen molar-refractivity contribution in [3.05, 3.63) is 23.8 Å². The van der Waals surface area contributed by atoms with E-state index in [1.807, 2.05) is 25.1 Å². The summed E-state index contributed by atoms with van der Waals surface area (Å²) in [4.78, 5) is 4.60. The largest absolute Gasteiger partial charge is 0.493 e. The molecule has 0 bridgehead atoms. The zero-order chi connectivity index (χ0) is 19.9. The van der Waals surface area contributed by atoms with E-state index in [0.717, 1.165) is 31.1 Å². The lowest BCUT2D eigenvalue weighted by molar-refractivity contribution is 0.128. The molecule has 0 aliphatic heterocycles. The highest BCUT2D eigenvalue weighted by atomic mass is 16.5.